The van der Waals surface area contributed by atoms with E-state index in [-0.39, 0.29) is 139 Å². The number of carboxylic acids is 2. The van der Waals surface area contributed by atoms with E-state index in [0.717, 1.165) is 11.6 Å². The first kappa shape index (κ1) is 103. The number of thioether (sulfide) groups is 2. The summed E-state index contributed by atoms with van der Waals surface area (Å²) in [6.07, 6.45) is 11.7. The number of rotatable bonds is 56. The molecule has 2 aromatic carbocycles. The highest BCUT2D eigenvalue weighted by Crippen LogP contribution is 2.28. The fraction of sp³-hybridized carbons (Fsp3) is 0.536. The zero-order valence-corrected chi connectivity index (χ0v) is 73.8. The number of aromatic nitrogens is 5. The number of aromatic amines is 3. The molecule has 44 heteroatoms. The first-order valence-electron chi connectivity index (χ1n) is 42.6. The molecule has 128 heavy (non-hydrogen) atoms. The normalized spacial score (nSPS) is 16.4. The van der Waals surface area contributed by atoms with Crippen molar-refractivity contribution in [3.05, 3.63) is 121 Å². The summed E-state index contributed by atoms with van der Waals surface area (Å²) < 4.78 is 0. The molecule has 5 aromatic rings. The number of likely N-dealkylation sites (tertiary alicyclic amines) is 2. The van der Waals surface area contributed by atoms with Gasteiger partial charge in [-0.1, -0.05) is 61.5 Å². The van der Waals surface area contributed by atoms with Crippen LogP contribution in [0, 0.1) is 5.41 Å². The van der Waals surface area contributed by atoms with Gasteiger partial charge in [0.1, 0.15) is 78.5 Å². The maximum absolute atomic E-state index is 15.0. The molecule has 0 unspecified atom stereocenters. The maximum atomic E-state index is 15.0. The Labute approximate surface area is 748 Å². The lowest BCUT2D eigenvalue weighted by molar-refractivity contribution is -0.148. The third-order valence-electron chi connectivity index (χ3n) is 21.6. The maximum Gasteiger partial charge on any atom is 0.326 e. The molecule has 2 saturated heterocycles. The van der Waals surface area contributed by atoms with E-state index in [1.807, 2.05) is 0 Å². The van der Waals surface area contributed by atoms with Gasteiger partial charge in [-0.25, -0.2) is 14.8 Å². The summed E-state index contributed by atoms with van der Waals surface area (Å²) >= 11 is 2.60. The number of carboxylic acid groups (broad SMARTS) is 2. The highest BCUT2D eigenvalue weighted by molar-refractivity contribution is 7.98. The predicted octanol–water partition coefficient (Wildman–Crippen LogP) is -2.08. The van der Waals surface area contributed by atoms with Gasteiger partial charge in [0.05, 0.1) is 36.6 Å². The number of para-hydroxylation sites is 1. The topological polar surface area (TPSA) is 646 Å². The van der Waals surface area contributed by atoms with Crippen LogP contribution in [0.3, 0.4) is 0 Å². The Morgan fingerprint density at radius 3 is 1.67 bits per heavy atom. The number of aliphatic hydroxyl groups excluding tert-OH is 1. The van der Waals surface area contributed by atoms with E-state index >= 15 is 4.79 Å². The van der Waals surface area contributed by atoms with Crippen molar-refractivity contribution in [3.8, 4) is 0 Å². The summed E-state index contributed by atoms with van der Waals surface area (Å²) in [5.74, 6) is -14.4. The number of aliphatic hydroxyl groups is 1. The summed E-state index contributed by atoms with van der Waals surface area (Å²) in [7, 11) is 0. The zero-order valence-electron chi connectivity index (χ0n) is 72.2. The summed E-state index contributed by atoms with van der Waals surface area (Å²) in [6, 6.07) is -3.66. The number of nitrogens with zero attached hydrogens (tertiary/aromatic N) is 4. The number of hydrogen-bond donors (Lipinski definition) is 22. The lowest BCUT2D eigenvalue weighted by Crippen LogP contribution is -2.61. The third kappa shape index (κ3) is 33.1. The van der Waals surface area contributed by atoms with Crippen molar-refractivity contribution in [2.75, 3.05) is 56.7 Å². The molecule has 0 spiro atoms. The number of unbranched alkanes of at least 4 members (excludes halogenated alkanes) is 3. The van der Waals surface area contributed by atoms with Crippen LogP contribution in [-0.4, -0.2) is 292 Å². The Balaban J connectivity index is 1.02. The third-order valence-corrected chi connectivity index (χ3v) is 22.9. The highest BCUT2D eigenvalue weighted by Gasteiger charge is 2.46. The second-order valence-electron chi connectivity index (χ2n) is 31.3. The number of nitrogens with one attached hydrogen (secondary N) is 17. The molecular formula is C84H121N23O19S2. The van der Waals surface area contributed by atoms with Crippen molar-refractivity contribution in [2.24, 2.45) is 11.5 Å². The van der Waals surface area contributed by atoms with E-state index in [2.05, 4.69) is 101 Å². The van der Waals surface area contributed by atoms with Crippen molar-refractivity contribution < 1.29 is 92.0 Å². The van der Waals surface area contributed by atoms with E-state index in [1.54, 1.807) is 79.5 Å². The number of amides is 14. The molecule has 0 bridgehead atoms. The van der Waals surface area contributed by atoms with E-state index in [9.17, 15) is 87.2 Å². The molecule has 2 aliphatic heterocycles. The number of benzene rings is 2. The highest BCUT2D eigenvalue weighted by atomic mass is 32.2. The average Bonchev–Trinajstić information content (AvgIpc) is 1.64. The molecule has 7 rings (SSSR count). The Hall–Kier alpha value is -12.5. The minimum atomic E-state index is -1.92. The monoisotopic (exact) mass is 1820 g/mol. The molecule has 2 aliphatic rings. The second-order valence-corrected chi connectivity index (χ2v) is 33.3. The largest absolute Gasteiger partial charge is 0.481 e. The van der Waals surface area contributed by atoms with Gasteiger partial charge in [0, 0.05) is 87.8 Å². The van der Waals surface area contributed by atoms with Gasteiger partial charge in [0.15, 0.2) is 5.96 Å². The first-order valence-corrected chi connectivity index (χ1v) is 45.4. The number of fused-ring (bicyclic) bond motifs is 1. The van der Waals surface area contributed by atoms with Crippen molar-refractivity contribution in [1.82, 2.24) is 104 Å². The van der Waals surface area contributed by atoms with Gasteiger partial charge >= 0.3 is 11.9 Å². The molecule has 24 N–H and O–H groups in total. The van der Waals surface area contributed by atoms with Crippen LogP contribution in [0.5, 0.6) is 0 Å². The molecule has 698 valence electrons. The van der Waals surface area contributed by atoms with Gasteiger partial charge in [-0.15, -0.1) is 0 Å². The summed E-state index contributed by atoms with van der Waals surface area (Å²) in [5.41, 5.74) is 13.8. The van der Waals surface area contributed by atoms with E-state index in [4.69, 9.17) is 16.9 Å². The number of hydrogen-bond acceptors (Lipinski definition) is 23. The lowest BCUT2D eigenvalue weighted by atomic mass is 10.0. The van der Waals surface area contributed by atoms with Gasteiger partial charge in [0.2, 0.25) is 82.7 Å². The van der Waals surface area contributed by atoms with Gasteiger partial charge in [-0.3, -0.25) is 77.3 Å². The molecule has 2 fully saturated rings. The summed E-state index contributed by atoms with van der Waals surface area (Å²) in [5, 5.41) is 73.7. The predicted molar refractivity (Wildman–Crippen MR) is 474 cm³/mol. The van der Waals surface area contributed by atoms with Crippen LogP contribution < -0.4 is 80.6 Å². The van der Waals surface area contributed by atoms with Gasteiger partial charge in [0.25, 0.3) is 0 Å². The number of carbonyl (C=O) groups is 16. The molecule has 3 aromatic heterocycles. The Morgan fingerprint density at radius 1 is 0.547 bits per heavy atom. The van der Waals surface area contributed by atoms with E-state index < -0.39 is 180 Å². The van der Waals surface area contributed by atoms with Crippen LogP contribution in [-0.2, 0) is 102 Å². The Morgan fingerprint density at radius 2 is 1.07 bits per heavy atom. The van der Waals surface area contributed by atoms with Crippen molar-refractivity contribution in [1.29, 1.82) is 5.41 Å². The number of guanidine groups is 1. The SMILES string of the molecule is C=CC(=O)NCCCCCC(=O)N[C@@H](Cc1c[nH]cn1)C(=O)N1CCC[C@H]1C(=O)N1CCC[C@H]1C(=O)N[C@@H](CCSC)C(=O)N[C@@H](CC(=O)O)C(=O)N[C@@H](Cc1ccccc1)C(=O)N[C@@H](Cc1c[nH]cn1)C(=O)N[C@@H](CCCCN)C(=O)N[C@@H](C)C(=O)N[C@@H](CCSC)C(=O)N[C@H](C(=O)N[C@@H](CCCNC(=N)N)C(=O)N[C@@H](Cc1c[nH]c2ccccc12)C(=O)O)[C@@H](C)O. The number of aliphatic carboxylic acids is 2. The Kier molecular flexibility index (Phi) is 42.7. The quantitative estimate of drug-likeness (QED) is 0.00860. The fourth-order valence-electron chi connectivity index (χ4n) is 14.7. The molecule has 14 atom stereocenters. The van der Waals surface area contributed by atoms with Gasteiger partial charge in [-0.2, -0.15) is 23.5 Å². The van der Waals surface area contributed by atoms with Crippen LogP contribution >= 0.6 is 23.5 Å². The van der Waals surface area contributed by atoms with Crippen LogP contribution in [0.25, 0.3) is 10.9 Å². The standard InChI is InChI=1S/C84H121N23O19S2/c1-6-67(109)90-32-16-8-11-28-68(110)96-63(41-53-45-89-47-94-53)81(123)107-35-19-27-66(107)82(124)106-34-18-26-65(106)79(121)99-58(29-36-127-4)74(116)103-62(42-69(111)112)78(120)101-60(38-50-20-9-7-10-21-50)76(118)102-61(40-52-44-88-46-93-52)77(119)98-56(24-14-15-31-85)72(114)95-48(2)71(113)97-59(30-37-128-5)75(117)105-70(49(3)108)80(122)100-57(25-17-33-91-84(86)87)73(115)104-64(83(125)126)39-51-43-92-55-23-13-12-22-54(51)55/h6-7,9-10,12-13,20-23,43-49,56-66,70,92,108H,1,8,11,14-19,24-42,85H2,2-5H3,(H,88,93)(H,89,94)(H,90,109)(H,95,114)(H,96,110)(H,97,113)(H,98,119)(H,99,121)(H,100,122)(H,101,120)(H,102,118)(H,103,116)(H,104,115)(H,105,117)(H,111,112)(H,125,126)(H4,86,87,91)/t48-,49+,56-,57-,58-,59-,60-,61-,62-,63-,64-,65-,66-,70-/m0/s1. The first-order chi connectivity index (χ1) is 61.3. The van der Waals surface area contributed by atoms with Crippen LogP contribution in [0.1, 0.15) is 139 Å². The molecule has 14 amide bonds. The smallest absolute Gasteiger partial charge is 0.326 e. The van der Waals surface area contributed by atoms with Crippen molar-refractivity contribution >= 4 is 135 Å². The van der Waals surface area contributed by atoms with Gasteiger partial charge in [-0.05, 0) is 151 Å². The average molecular weight is 1820 g/mol. The van der Waals surface area contributed by atoms with E-state index in [1.165, 1.54) is 66.0 Å². The fourth-order valence-corrected chi connectivity index (χ4v) is 15.7. The second kappa shape index (κ2) is 53.2. The van der Waals surface area contributed by atoms with Crippen molar-refractivity contribution in [3.63, 3.8) is 0 Å². The molecule has 0 aliphatic carbocycles. The Bertz CT molecular complexity index is 4580. The minimum Gasteiger partial charge on any atom is -0.481 e. The van der Waals surface area contributed by atoms with Crippen LogP contribution in [0.2, 0.25) is 0 Å². The number of carbonyl (C=O) groups excluding carboxylic acids is 14. The number of nitrogens with two attached hydrogens (primary N) is 2. The zero-order chi connectivity index (χ0) is 93.4. The number of H-pyrrole nitrogens is 3. The lowest BCUT2D eigenvalue weighted by Gasteiger charge is -2.33. The molecule has 42 nitrogen and oxygen atoms in total. The molecule has 5 heterocycles. The van der Waals surface area contributed by atoms with E-state index in [0.29, 0.717) is 67.3 Å². The van der Waals surface area contributed by atoms with Crippen LogP contribution in [0.4, 0.5) is 0 Å². The van der Waals surface area contributed by atoms with Crippen LogP contribution in [0.15, 0.2) is 98.5 Å². The minimum absolute atomic E-state index is 0.00223. The van der Waals surface area contributed by atoms with Crippen molar-refractivity contribution in [2.45, 2.75) is 227 Å². The summed E-state index contributed by atoms with van der Waals surface area (Å²) in [4.78, 5) is 245. The molecular weight excluding hydrogens is 1700 g/mol. The molecule has 0 radical (unpaired) electrons. The summed E-state index contributed by atoms with van der Waals surface area (Å²) in [6.45, 7) is 6.78. The molecule has 0 saturated carbocycles. The van der Waals surface area contributed by atoms with Gasteiger partial charge < -0.3 is 121 Å². The number of imidazole rings is 2.